The normalized spacial score (nSPS) is 45.7. The van der Waals surface area contributed by atoms with Crippen LogP contribution in [0.5, 0.6) is 0 Å². The molecule has 38 atom stereocenters. The first-order valence-corrected chi connectivity index (χ1v) is 37.9. The van der Waals surface area contributed by atoms with E-state index in [9.17, 15) is 61.3 Å². The van der Waals surface area contributed by atoms with Crippen molar-refractivity contribution in [1.29, 1.82) is 0 Å². The number of aliphatic hydroxyl groups excluding tert-OH is 12. The van der Waals surface area contributed by atoms with Gasteiger partial charge in [0.25, 0.3) is 0 Å². The van der Waals surface area contributed by atoms with E-state index < -0.39 is 233 Å². The zero-order chi connectivity index (χ0) is 76.0. The predicted molar refractivity (Wildman–Crippen MR) is 376 cm³/mol. The molecule has 606 valence electrons. The predicted octanol–water partition coefficient (Wildman–Crippen LogP) is -16.3. The highest BCUT2D eigenvalue weighted by Gasteiger charge is 2.57. The van der Waals surface area contributed by atoms with E-state index in [1.54, 1.807) is 0 Å². The summed E-state index contributed by atoms with van der Waals surface area (Å²) in [4.78, 5) is 0. The minimum Gasteiger partial charge on any atom is -0.389 e. The molecular formula is C58H114N16O26S4. The summed E-state index contributed by atoms with van der Waals surface area (Å²) in [6, 6.07) is -8.74. The number of nitrogens with one attached hydrogen (secondary N) is 4. The molecule has 0 aromatic carbocycles. The highest BCUT2D eigenvalue weighted by atomic mass is 32.2. The van der Waals surface area contributed by atoms with Crippen LogP contribution in [0.15, 0.2) is 0 Å². The molecule has 0 spiro atoms. The van der Waals surface area contributed by atoms with Crippen LogP contribution in [0.1, 0.15) is 12.8 Å². The quantitative estimate of drug-likeness (QED) is 0.0207. The molecule has 21 unspecified atom stereocenters. The Morgan fingerprint density at radius 3 is 0.885 bits per heavy atom. The van der Waals surface area contributed by atoms with Crippen LogP contribution in [-0.4, -0.2) is 406 Å². The first-order valence-electron chi connectivity index (χ1n) is 34.8. The van der Waals surface area contributed by atoms with Crippen LogP contribution in [0.4, 0.5) is 0 Å². The summed E-state index contributed by atoms with van der Waals surface area (Å²) in [6.07, 6.45) is -40.0. The van der Waals surface area contributed by atoms with Gasteiger partial charge in [0.1, 0.15) is 122 Å². The number of hydrogen-bond donors (Lipinski definition) is 28. The molecule has 0 aromatic heterocycles. The third-order valence-electron chi connectivity index (χ3n) is 19.4. The fourth-order valence-electron chi connectivity index (χ4n) is 13.3. The molecule has 8 rings (SSSR count). The summed E-state index contributed by atoms with van der Waals surface area (Å²) >= 11 is 13.7. The summed E-state index contributed by atoms with van der Waals surface area (Å²) in [5.74, 6) is 1.29. The second kappa shape index (κ2) is 41.9. The fraction of sp³-hybridized carbons (Fsp3) is 0.966. The minimum atomic E-state index is -1.60. The largest absolute Gasteiger partial charge is 0.389 e. The zero-order valence-electron chi connectivity index (χ0n) is 57.3. The van der Waals surface area contributed by atoms with Gasteiger partial charge in [-0.15, -0.1) is 0 Å². The SMILES string of the molecule is NCC1O[C@@H](OC2C(N)C[C@@H](N)[C@H](O)C2O[C@@H]2O[C@H](CSCCNC(=S)NCCOCCOCCNC(=S)NCCSC[C@H]3O[C@@H](O[C@H]4C(O[C@@H]5OC(CN)C(O)[C@H](O)C5N)C(N)C[C@@H](N)C4O)[C@@H](O)C3O[C@H]3O[C@@H](CN)C(O)C(O)C3N)C(O[C@@H]3O[C@H](CN)C(O)C(O)C3N)C2O)C(N)[C@@H](O)C1O. The number of nitrogens with two attached hydrogens (primary N) is 12. The lowest BCUT2D eigenvalue weighted by molar-refractivity contribution is -0.306. The first-order chi connectivity index (χ1) is 49.5. The Hall–Kier alpha value is -1.44. The molecule has 104 heavy (non-hydrogen) atoms. The van der Waals surface area contributed by atoms with Crippen LogP contribution in [-0.2, 0) is 66.3 Å². The molecule has 0 radical (unpaired) electrons. The van der Waals surface area contributed by atoms with E-state index in [-0.39, 0.29) is 63.7 Å². The summed E-state index contributed by atoms with van der Waals surface area (Å²) in [7, 11) is 0. The van der Waals surface area contributed by atoms with Crippen LogP contribution in [0, 0.1) is 0 Å². The van der Waals surface area contributed by atoms with E-state index in [0.29, 0.717) is 61.1 Å². The Balaban J connectivity index is 0.720. The highest BCUT2D eigenvalue weighted by molar-refractivity contribution is 7.99. The molecule has 40 N–H and O–H groups in total. The van der Waals surface area contributed by atoms with Gasteiger partial charge in [-0.3, -0.25) is 0 Å². The number of rotatable bonds is 35. The fourth-order valence-corrected chi connectivity index (χ4v) is 15.5. The van der Waals surface area contributed by atoms with Crippen LogP contribution >= 0.6 is 48.0 Å². The maximum atomic E-state index is 11.9. The number of thiocarbonyl (C=S) groups is 2. The molecule has 0 amide bonds. The third-order valence-corrected chi connectivity index (χ3v) is 22.1. The van der Waals surface area contributed by atoms with Gasteiger partial charge in [0, 0.05) is 99.5 Å². The molecule has 2 aliphatic carbocycles. The smallest absolute Gasteiger partial charge is 0.187 e. The van der Waals surface area contributed by atoms with Crippen molar-refractivity contribution >= 4 is 58.2 Å². The van der Waals surface area contributed by atoms with Crippen molar-refractivity contribution < 1.29 is 128 Å². The summed E-state index contributed by atoms with van der Waals surface area (Å²) in [5.41, 5.74) is 73.7. The maximum Gasteiger partial charge on any atom is 0.187 e. The Morgan fingerprint density at radius 2 is 0.587 bits per heavy atom. The van der Waals surface area contributed by atoms with Crippen molar-refractivity contribution in [1.82, 2.24) is 21.3 Å². The van der Waals surface area contributed by atoms with E-state index in [0.717, 1.165) is 0 Å². The Kier molecular flexibility index (Phi) is 35.5. The van der Waals surface area contributed by atoms with E-state index in [2.05, 4.69) is 21.3 Å². The lowest BCUT2D eigenvalue weighted by atomic mass is 9.84. The first kappa shape index (κ1) is 88.1. The van der Waals surface area contributed by atoms with Crippen molar-refractivity contribution in [2.24, 2.45) is 68.8 Å². The van der Waals surface area contributed by atoms with E-state index in [1.807, 2.05) is 0 Å². The standard InChI is InChI=1S/C58H114N16O26S4/c59-13-23-35(77)39(81)29(67)51(89-23)95-45-21(65)11-19(63)33(75)49(45)99-55-43(85)47(97-53-31(69)41(83)37(79)25(15-61)91-53)27(93-55)17-103-9-3-73-57(101)71-1-5-87-7-8-88-6-2-72-58(102)74-4-10-104-18-28-48(98-54-32(70)42(84)38(80)26(16-62)92-54)44(86)56(94-28)100-50-34(76)20(64)12-22(66)46(50)96-52-30(68)40(82)36(78)24(14-60)90-52/h19-56,75-86H,1-18,59-70H2,(H2,71,73,101)(H2,72,74,102)/t19-,20-,21?,22?,23?,24?,25-,26+,27-,28-,29?,30?,31?,32?,33+,34?,35?,36?,37?,38?,39-,40-,41?,42?,43?,44+,45?,46?,47?,48?,49?,50-,51+,52+,53+,54-,55+,56+/m1/s1. The lowest BCUT2D eigenvalue weighted by Crippen LogP contribution is -2.68. The summed E-state index contributed by atoms with van der Waals surface area (Å²) in [6.45, 7) is 1.93. The highest BCUT2D eigenvalue weighted by Crippen LogP contribution is 2.38. The van der Waals surface area contributed by atoms with Gasteiger partial charge in [0.2, 0.25) is 0 Å². The third kappa shape index (κ3) is 22.3. The summed E-state index contributed by atoms with van der Waals surface area (Å²) in [5, 5.41) is 144. The molecule has 46 heteroatoms. The molecule has 42 nitrogen and oxygen atoms in total. The molecule has 6 saturated heterocycles. The molecule has 8 fully saturated rings. The van der Waals surface area contributed by atoms with Gasteiger partial charge < -0.3 is 218 Å². The van der Waals surface area contributed by atoms with Gasteiger partial charge in [-0.1, -0.05) is 0 Å². The van der Waals surface area contributed by atoms with E-state index >= 15 is 0 Å². The van der Waals surface area contributed by atoms with Crippen molar-refractivity contribution in [2.45, 2.75) is 245 Å². The average Bonchev–Trinajstić information content (AvgIpc) is 1.69. The van der Waals surface area contributed by atoms with Crippen LogP contribution in [0.2, 0.25) is 0 Å². The Morgan fingerprint density at radius 1 is 0.317 bits per heavy atom. The maximum absolute atomic E-state index is 11.9. The molecule has 2 saturated carbocycles. The van der Waals surface area contributed by atoms with E-state index in [1.165, 1.54) is 23.5 Å². The van der Waals surface area contributed by atoms with Crippen molar-refractivity contribution in [3.63, 3.8) is 0 Å². The molecule has 8 aliphatic rings. The second-order valence-corrected chi connectivity index (χ2v) is 30.0. The van der Waals surface area contributed by atoms with Gasteiger partial charge in [-0.05, 0) is 37.3 Å². The van der Waals surface area contributed by atoms with Crippen molar-refractivity contribution in [3.05, 3.63) is 0 Å². The van der Waals surface area contributed by atoms with Gasteiger partial charge in [0.15, 0.2) is 48.0 Å². The molecular weight excluding hydrogens is 1460 g/mol. The Labute approximate surface area is 620 Å². The van der Waals surface area contributed by atoms with Gasteiger partial charge in [-0.25, -0.2) is 0 Å². The molecule has 6 heterocycles. The van der Waals surface area contributed by atoms with Gasteiger partial charge >= 0.3 is 0 Å². The van der Waals surface area contributed by atoms with Gasteiger partial charge in [-0.2, -0.15) is 23.5 Å². The van der Waals surface area contributed by atoms with E-state index in [4.69, 9.17) is 160 Å². The monoisotopic (exact) mass is 1580 g/mol. The van der Waals surface area contributed by atoms with Crippen LogP contribution < -0.4 is 90.1 Å². The molecule has 0 bridgehead atoms. The second-order valence-electron chi connectivity index (χ2n) is 26.9. The molecule has 6 aliphatic heterocycles. The number of hydrogen-bond acceptors (Lipinski definition) is 42. The topological polar surface area (TPSA) is 732 Å². The average molecular weight is 1580 g/mol. The van der Waals surface area contributed by atoms with Crippen molar-refractivity contribution in [2.75, 3.05) is 102 Å². The number of aliphatic hydroxyl groups is 12. The number of ether oxygens (including phenoxy) is 14. The minimum absolute atomic E-state index is 0.0556. The Bertz CT molecular complexity index is 2400. The number of thioether (sulfide) groups is 2. The van der Waals surface area contributed by atoms with Crippen molar-refractivity contribution in [3.8, 4) is 0 Å². The summed E-state index contributed by atoms with van der Waals surface area (Å²) < 4.78 is 84.6. The molecule has 0 aromatic rings. The van der Waals surface area contributed by atoms with Crippen LogP contribution in [0.25, 0.3) is 0 Å². The lowest BCUT2D eigenvalue weighted by Gasteiger charge is -2.47. The zero-order valence-corrected chi connectivity index (χ0v) is 60.6. The van der Waals surface area contributed by atoms with Gasteiger partial charge in [0.05, 0.1) is 75.0 Å². The van der Waals surface area contributed by atoms with Crippen LogP contribution in [0.3, 0.4) is 0 Å².